The van der Waals surface area contributed by atoms with E-state index in [9.17, 15) is 17.7 Å². The smallest absolute Gasteiger partial charge is 0.416 e. The van der Waals surface area contributed by atoms with Crippen LogP contribution in [0.4, 0.5) is 13.2 Å². The van der Waals surface area contributed by atoms with Crippen molar-refractivity contribution in [2.45, 2.75) is 32.5 Å². The van der Waals surface area contributed by atoms with Gasteiger partial charge in [0.15, 0.2) is 0 Å². The fraction of sp³-hybridized carbons (Fsp3) is 0.455. The summed E-state index contributed by atoms with van der Waals surface area (Å²) in [4.78, 5) is 1.85. The molecular weight excluding hydrogens is 430 g/mol. The maximum atomic E-state index is 12.8. The van der Waals surface area contributed by atoms with E-state index in [-0.39, 0.29) is 25.6 Å². The lowest BCUT2D eigenvalue weighted by atomic mass is 10.1. The van der Waals surface area contributed by atoms with Crippen LogP contribution in [-0.2, 0) is 19.8 Å². The average molecular weight is 459 g/mol. The molecule has 0 aromatic heterocycles. The van der Waals surface area contributed by atoms with Gasteiger partial charge in [0.1, 0.15) is 18.1 Å². The van der Waals surface area contributed by atoms with Gasteiger partial charge in [-0.1, -0.05) is 30.3 Å². The molecule has 9 heteroatoms. The number of hydrogen-bond donors (Lipinski definition) is 0. The van der Waals surface area contributed by atoms with Gasteiger partial charge >= 0.3 is 13.8 Å². The molecule has 0 bridgehead atoms. The number of benzene rings is 2. The SMILES string of the molecule is CCOP(=O)(CN(C)CCC(Oc1ccc(C(F)(F)F)cc1)c1ccccc1)OCC. The lowest BCUT2D eigenvalue weighted by Crippen LogP contribution is -2.25. The van der Waals surface area contributed by atoms with E-state index >= 15 is 0 Å². The summed E-state index contributed by atoms with van der Waals surface area (Å²) >= 11 is 0. The summed E-state index contributed by atoms with van der Waals surface area (Å²) in [5, 5.41) is 0. The standard InChI is InChI=1S/C22H29F3NO4P/c1-4-28-31(27,29-5-2)17-26(3)16-15-21(18-9-7-6-8-10-18)30-20-13-11-19(12-14-20)22(23,24)25/h6-14,21H,4-5,15-17H2,1-3H3. The monoisotopic (exact) mass is 459 g/mol. The van der Waals surface area contributed by atoms with Crippen molar-refractivity contribution in [3.05, 3.63) is 65.7 Å². The summed E-state index contributed by atoms with van der Waals surface area (Å²) in [6, 6.07) is 14.1. The molecule has 0 N–H and O–H groups in total. The Bertz CT molecular complexity index is 821. The van der Waals surface area contributed by atoms with Crippen molar-refractivity contribution in [1.29, 1.82) is 0 Å². The number of hydrogen-bond acceptors (Lipinski definition) is 5. The first-order valence-electron chi connectivity index (χ1n) is 10.1. The summed E-state index contributed by atoms with van der Waals surface area (Å²) < 4.78 is 67.9. The van der Waals surface area contributed by atoms with Gasteiger partial charge in [0.05, 0.1) is 18.8 Å². The number of rotatable bonds is 12. The molecule has 0 amide bonds. The number of alkyl halides is 3. The third-order valence-corrected chi connectivity index (χ3v) is 6.60. The minimum absolute atomic E-state index is 0.135. The van der Waals surface area contributed by atoms with Crippen molar-refractivity contribution >= 4 is 7.60 Å². The highest BCUT2D eigenvalue weighted by Crippen LogP contribution is 2.48. The van der Waals surface area contributed by atoms with Gasteiger partial charge in [-0.05, 0) is 50.7 Å². The zero-order valence-electron chi connectivity index (χ0n) is 18.0. The van der Waals surface area contributed by atoms with Crippen LogP contribution < -0.4 is 4.74 Å². The third kappa shape index (κ3) is 8.30. The molecule has 0 aliphatic carbocycles. The molecule has 172 valence electrons. The average Bonchev–Trinajstić information content (AvgIpc) is 2.71. The Morgan fingerprint density at radius 3 is 2.06 bits per heavy atom. The van der Waals surface area contributed by atoms with E-state index in [1.165, 1.54) is 12.1 Å². The second kappa shape index (κ2) is 11.7. The summed E-state index contributed by atoms with van der Waals surface area (Å²) in [7, 11) is -1.41. The van der Waals surface area contributed by atoms with Gasteiger partial charge in [-0.15, -0.1) is 0 Å². The van der Waals surface area contributed by atoms with Crippen molar-refractivity contribution in [3.8, 4) is 5.75 Å². The minimum Gasteiger partial charge on any atom is -0.486 e. The van der Waals surface area contributed by atoms with Crippen LogP contribution in [0.25, 0.3) is 0 Å². The zero-order valence-corrected chi connectivity index (χ0v) is 18.9. The lowest BCUT2D eigenvalue weighted by molar-refractivity contribution is -0.137. The molecule has 0 saturated heterocycles. The van der Waals surface area contributed by atoms with Crippen LogP contribution in [0.5, 0.6) is 5.75 Å². The summed E-state index contributed by atoms with van der Waals surface area (Å²) in [5.41, 5.74) is 0.173. The van der Waals surface area contributed by atoms with Crippen LogP contribution in [0.15, 0.2) is 54.6 Å². The molecule has 0 heterocycles. The van der Waals surface area contributed by atoms with E-state index in [1.807, 2.05) is 42.3 Å². The van der Waals surface area contributed by atoms with Gasteiger partial charge in [-0.2, -0.15) is 13.2 Å². The number of ether oxygens (including phenoxy) is 1. The molecule has 0 saturated carbocycles. The van der Waals surface area contributed by atoms with E-state index in [2.05, 4.69) is 0 Å². The van der Waals surface area contributed by atoms with Crippen molar-refractivity contribution in [3.63, 3.8) is 0 Å². The lowest BCUT2D eigenvalue weighted by Gasteiger charge is -2.26. The van der Waals surface area contributed by atoms with Gasteiger partial charge < -0.3 is 13.8 Å². The van der Waals surface area contributed by atoms with Gasteiger partial charge in [0, 0.05) is 13.0 Å². The number of halogens is 3. The van der Waals surface area contributed by atoms with E-state index < -0.39 is 19.3 Å². The highest BCUT2D eigenvalue weighted by atomic mass is 31.2. The first kappa shape index (κ1) is 25.4. The second-order valence-corrected chi connectivity index (χ2v) is 9.02. The van der Waals surface area contributed by atoms with Gasteiger partial charge in [-0.3, -0.25) is 9.46 Å². The molecule has 0 aliphatic rings. The molecule has 5 nitrogen and oxygen atoms in total. The van der Waals surface area contributed by atoms with Crippen molar-refractivity contribution in [2.24, 2.45) is 0 Å². The quantitative estimate of drug-likeness (QED) is 0.345. The Morgan fingerprint density at radius 1 is 0.968 bits per heavy atom. The van der Waals surface area contributed by atoms with Crippen LogP contribution in [0, 0.1) is 0 Å². The zero-order chi connectivity index (χ0) is 22.9. The van der Waals surface area contributed by atoms with Gasteiger partial charge in [0.2, 0.25) is 0 Å². The highest BCUT2D eigenvalue weighted by Gasteiger charge is 2.30. The van der Waals surface area contributed by atoms with E-state index in [0.717, 1.165) is 17.7 Å². The van der Waals surface area contributed by atoms with Crippen molar-refractivity contribution in [1.82, 2.24) is 4.90 Å². The normalized spacial score (nSPS) is 13.4. The number of nitrogens with zero attached hydrogens (tertiary/aromatic N) is 1. The van der Waals surface area contributed by atoms with Crippen molar-refractivity contribution < 1.29 is 31.5 Å². The van der Waals surface area contributed by atoms with Gasteiger partial charge in [-0.25, -0.2) is 0 Å². The first-order chi connectivity index (χ1) is 14.7. The highest BCUT2D eigenvalue weighted by molar-refractivity contribution is 7.53. The Balaban J connectivity index is 2.08. The maximum absolute atomic E-state index is 12.8. The summed E-state index contributed by atoms with van der Waals surface area (Å²) in [6.07, 6.45) is -4.12. The largest absolute Gasteiger partial charge is 0.486 e. The third-order valence-electron chi connectivity index (χ3n) is 4.47. The van der Waals surface area contributed by atoms with Gasteiger partial charge in [0.25, 0.3) is 0 Å². The van der Waals surface area contributed by atoms with E-state index in [4.69, 9.17) is 13.8 Å². The molecular formula is C22H29F3NO4P. The van der Waals surface area contributed by atoms with Crippen LogP contribution in [0.2, 0.25) is 0 Å². The maximum Gasteiger partial charge on any atom is 0.416 e. The predicted octanol–water partition coefficient (Wildman–Crippen LogP) is 6.37. The minimum atomic E-state index is -4.39. The fourth-order valence-electron chi connectivity index (χ4n) is 3.06. The van der Waals surface area contributed by atoms with Crippen LogP contribution in [-0.4, -0.2) is 38.0 Å². The van der Waals surface area contributed by atoms with Crippen molar-refractivity contribution in [2.75, 3.05) is 33.1 Å². The molecule has 2 aromatic rings. The topological polar surface area (TPSA) is 48.0 Å². The Morgan fingerprint density at radius 2 is 1.55 bits per heavy atom. The summed E-state index contributed by atoms with van der Waals surface area (Å²) in [6.45, 7) is 4.61. The van der Waals surface area contributed by atoms with Crippen LogP contribution in [0.3, 0.4) is 0 Å². The molecule has 0 spiro atoms. The molecule has 0 aliphatic heterocycles. The molecule has 1 unspecified atom stereocenters. The Kier molecular flexibility index (Phi) is 9.56. The fourth-order valence-corrected chi connectivity index (χ4v) is 4.82. The van der Waals surface area contributed by atoms with Crippen LogP contribution in [0.1, 0.15) is 37.5 Å². The summed E-state index contributed by atoms with van der Waals surface area (Å²) in [5.74, 6) is 0.346. The molecule has 2 aromatic carbocycles. The predicted molar refractivity (Wildman–Crippen MR) is 114 cm³/mol. The van der Waals surface area contributed by atoms with E-state index in [1.54, 1.807) is 13.8 Å². The molecule has 2 rings (SSSR count). The Labute approximate surface area is 181 Å². The Hall–Kier alpha value is -1.86. The van der Waals surface area contributed by atoms with E-state index in [0.29, 0.717) is 18.7 Å². The first-order valence-corrected chi connectivity index (χ1v) is 11.8. The molecule has 31 heavy (non-hydrogen) atoms. The molecule has 0 radical (unpaired) electrons. The molecule has 1 atom stereocenters. The van der Waals surface area contributed by atoms with Crippen LogP contribution >= 0.6 is 7.60 Å². The second-order valence-electron chi connectivity index (χ2n) is 7.00. The molecule has 0 fully saturated rings.